The molecule has 0 bridgehead atoms. The Morgan fingerprint density at radius 2 is 1.88 bits per heavy atom. The first-order chi connectivity index (χ1) is 12.3. The van der Waals surface area contributed by atoms with Crippen LogP contribution in [-0.2, 0) is 6.54 Å². The minimum atomic E-state index is -0.272. The number of amides is 2. The second-order valence-electron chi connectivity index (χ2n) is 5.73. The molecule has 7 nitrogen and oxygen atoms in total. The van der Waals surface area contributed by atoms with Crippen molar-refractivity contribution in [2.45, 2.75) is 18.9 Å². The summed E-state index contributed by atoms with van der Waals surface area (Å²) in [5.74, 6) is 0.742. The first-order valence-corrected chi connectivity index (χ1v) is 8.24. The van der Waals surface area contributed by atoms with Gasteiger partial charge in [-0.25, -0.2) is 4.79 Å². The summed E-state index contributed by atoms with van der Waals surface area (Å²) in [6, 6.07) is 15.2. The molecule has 0 saturated carbocycles. The first kappa shape index (κ1) is 16.9. The van der Waals surface area contributed by atoms with Crippen molar-refractivity contribution < 1.29 is 9.90 Å². The number of aliphatic hydroxyl groups is 1. The van der Waals surface area contributed by atoms with Crippen molar-refractivity contribution in [1.29, 1.82) is 0 Å². The number of benzene rings is 1. The van der Waals surface area contributed by atoms with Crippen molar-refractivity contribution in [2.24, 2.45) is 0 Å². The number of pyridine rings is 1. The highest BCUT2D eigenvalue weighted by Gasteiger charge is 2.13. The third-order valence-corrected chi connectivity index (χ3v) is 4.05. The van der Waals surface area contributed by atoms with Crippen LogP contribution in [0.25, 0.3) is 5.65 Å². The summed E-state index contributed by atoms with van der Waals surface area (Å²) in [5.41, 5.74) is 1.84. The maximum absolute atomic E-state index is 12.1. The molecule has 25 heavy (non-hydrogen) atoms. The van der Waals surface area contributed by atoms with E-state index in [-0.39, 0.29) is 25.1 Å². The maximum atomic E-state index is 12.1. The van der Waals surface area contributed by atoms with E-state index in [1.165, 1.54) is 0 Å². The van der Waals surface area contributed by atoms with E-state index in [4.69, 9.17) is 0 Å². The van der Waals surface area contributed by atoms with Crippen molar-refractivity contribution >= 4 is 11.7 Å². The molecule has 3 rings (SSSR count). The van der Waals surface area contributed by atoms with Gasteiger partial charge in [-0.1, -0.05) is 36.4 Å². The van der Waals surface area contributed by atoms with Crippen molar-refractivity contribution in [2.75, 3.05) is 13.2 Å². The normalized spacial score (nSPS) is 12.0. The van der Waals surface area contributed by atoms with Crippen LogP contribution in [-0.4, -0.2) is 38.9 Å². The first-order valence-electron chi connectivity index (χ1n) is 8.24. The average Bonchev–Trinajstić information content (AvgIpc) is 3.07. The lowest BCUT2D eigenvalue weighted by molar-refractivity contribution is 0.237. The largest absolute Gasteiger partial charge is 0.396 e. The van der Waals surface area contributed by atoms with Crippen molar-refractivity contribution in [3.63, 3.8) is 0 Å². The molecular weight excluding hydrogens is 318 g/mol. The molecule has 2 amide bonds. The zero-order valence-corrected chi connectivity index (χ0v) is 13.8. The van der Waals surface area contributed by atoms with Crippen LogP contribution in [0.4, 0.5) is 4.79 Å². The molecule has 3 N–H and O–H groups in total. The van der Waals surface area contributed by atoms with Crippen molar-refractivity contribution in [3.8, 4) is 0 Å². The fraction of sp³-hybridized carbons (Fsp3) is 0.278. The van der Waals surface area contributed by atoms with E-state index in [0.29, 0.717) is 18.8 Å². The number of hydrogen-bond acceptors (Lipinski definition) is 4. The Labute approximate surface area is 145 Å². The van der Waals surface area contributed by atoms with Crippen LogP contribution in [0.5, 0.6) is 0 Å². The Hall–Kier alpha value is -2.93. The molecular formula is C18H21N5O2. The molecule has 0 fully saturated rings. The summed E-state index contributed by atoms with van der Waals surface area (Å²) in [6.07, 6.45) is 2.45. The van der Waals surface area contributed by atoms with Gasteiger partial charge in [-0.3, -0.25) is 4.40 Å². The number of urea groups is 1. The third-order valence-electron chi connectivity index (χ3n) is 4.05. The SMILES string of the molecule is O=C(NCc1nnc2ccccn12)NCC(CCO)c1ccccc1. The third kappa shape index (κ3) is 4.33. The molecule has 2 heterocycles. The lowest BCUT2D eigenvalue weighted by Gasteiger charge is -2.17. The van der Waals surface area contributed by atoms with Crippen LogP contribution in [0.3, 0.4) is 0 Å². The van der Waals surface area contributed by atoms with Gasteiger partial charge in [-0.2, -0.15) is 0 Å². The molecule has 0 radical (unpaired) electrons. The Morgan fingerprint density at radius 1 is 1.08 bits per heavy atom. The zero-order chi connectivity index (χ0) is 17.5. The molecule has 0 aliphatic rings. The predicted molar refractivity (Wildman–Crippen MR) is 94.1 cm³/mol. The number of aliphatic hydroxyl groups excluding tert-OH is 1. The highest BCUT2D eigenvalue weighted by Crippen LogP contribution is 2.18. The van der Waals surface area contributed by atoms with Crippen molar-refractivity contribution in [1.82, 2.24) is 25.2 Å². The summed E-state index contributed by atoms with van der Waals surface area (Å²) in [4.78, 5) is 12.1. The predicted octanol–water partition coefficient (Wildman–Crippen LogP) is 1.69. The highest BCUT2D eigenvalue weighted by atomic mass is 16.3. The van der Waals surface area contributed by atoms with Gasteiger partial charge in [0.1, 0.15) is 0 Å². The lowest BCUT2D eigenvalue weighted by Crippen LogP contribution is -2.38. The van der Waals surface area contributed by atoms with Gasteiger partial charge in [-0.05, 0) is 24.1 Å². The standard InChI is InChI=1S/C18H21N5O2/c24-11-9-15(14-6-2-1-3-7-14)12-19-18(25)20-13-17-22-21-16-8-4-5-10-23(16)17/h1-8,10,15,24H,9,11-13H2,(H2,19,20,25). The number of nitrogens with zero attached hydrogens (tertiary/aromatic N) is 3. The number of carbonyl (C=O) groups is 1. The van der Waals surface area contributed by atoms with Gasteiger partial charge >= 0.3 is 6.03 Å². The second-order valence-corrected chi connectivity index (χ2v) is 5.73. The van der Waals surface area contributed by atoms with E-state index < -0.39 is 0 Å². The highest BCUT2D eigenvalue weighted by molar-refractivity contribution is 5.73. The topological polar surface area (TPSA) is 91.6 Å². The van der Waals surface area contributed by atoms with Crippen LogP contribution in [0, 0.1) is 0 Å². The summed E-state index contributed by atoms with van der Waals surface area (Å²) in [5, 5.41) is 23.0. The van der Waals surface area contributed by atoms with Crippen LogP contribution >= 0.6 is 0 Å². The van der Waals surface area contributed by atoms with Gasteiger partial charge in [0.15, 0.2) is 11.5 Å². The molecule has 0 aliphatic heterocycles. The quantitative estimate of drug-likeness (QED) is 0.611. The molecule has 3 aromatic rings. The molecule has 1 aromatic carbocycles. The summed E-state index contributed by atoms with van der Waals surface area (Å²) in [6.45, 7) is 0.818. The maximum Gasteiger partial charge on any atom is 0.315 e. The van der Waals surface area contributed by atoms with Gasteiger partial charge < -0.3 is 15.7 Å². The molecule has 1 atom stereocenters. The molecule has 7 heteroatoms. The van der Waals surface area contributed by atoms with E-state index >= 15 is 0 Å². The molecule has 0 spiro atoms. The Morgan fingerprint density at radius 3 is 2.68 bits per heavy atom. The Balaban J connectivity index is 1.53. The van der Waals surface area contributed by atoms with E-state index in [2.05, 4.69) is 20.8 Å². The number of nitrogens with one attached hydrogen (secondary N) is 2. The van der Waals surface area contributed by atoms with Crippen LogP contribution in [0.15, 0.2) is 54.7 Å². The molecule has 0 aliphatic carbocycles. The summed E-state index contributed by atoms with van der Waals surface area (Å²) < 4.78 is 1.83. The fourth-order valence-corrected chi connectivity index (χ4v) is 2.72. The minimum absolute atomic E-state index is 0.0749. The second kappa shape index (κ2) is 8.25. The Kier molecular flexibility index (Phi) is 5.58. The molecule has 130 valence electrons. The van der Waals surface area contributed by atoms with Gasteiger partial charge in [0.25, 0.3) is 0 Å². The Bertz CT molecular complexity index is 818. The summed E-state index contributed by atoms with van der Waals surface area (Å²) in [7, 11) is 0. The molecule has 1 unspecified atom stereocenters. The van der Waals surface area contributed by atoms with Gasteiger partial charge in [0, 0.05) is 25.3 Å². The van der Waals surface area contributed by atoms with E-state index in [1.807, 2.05) is 59.1 Å². The minimum Gasteiger partial charge on any atom is -0.396 e. The fourth-order valence-electron chi connectivity index (χ4n) is 2.72. The van der Waals surface area contributed by atoms with Crippen LogP contribution in [0.2, 0.25) is 0 Å². The van der Waals surface area contributed by atoms with Gasteiger partial charge in [0.2, 0.25) is 0 Å². The zero-order valence-electron chi connectivity index (χ0n) is 13.8. The van der Waals surface area contributed by atoms with E-state index in [0.717, 1.165) is 11.2 Å². The monoisotopic (exact) mass is 339 g/mol. The van der Waals surface area contributed by atoms with Crippen LogP contribution < -0.4 is 10.6 Å². The molecule has 0 saturated heterocycles. The lowest BCUT2D eigenvalue weighted by atomic mass is 9.96. The number of aromatic nitrogens is 3. The number of fused-ring (bicyclic) bond motifs is 1. The van der Waals surface area contributed by atoms with E-state index in [9.17, 15) is 9.90 Å². The number of hydrogen-bond donors (Lipinski definition) is 3. The van der Waals surface area contributed by atoms with Crippen molar-refractivity contribution in [3.05, 3.63) is 66.1 Å². The van der Waals surface area contributed by atoms with Gasteiger partial charge in [-0.15, -0.1) is 10.2 Å². The van der Waals surface area contributed by atoms with E-state index in [1.54, 1.807) is 0 Å². The number of rotatable bonds is 7. The number of carbonyl (C=O) groups excluding carboxylic acids is 1. The average molecular weight is 339 g/mol. The smallest absolute Gasteiger partial charge is 0.315 e. The van der Waals surface area contributed by atoms with Gasteiger partial charge in [0.05, 0.1) is 6.54 Å². The molecule has 2 aromatic heterocycles. The summed E-state index contributed by atoms with van der Waals surface area (Å²) >= 11 is 0. The van der Waals surface area contributed by atoms with Crippen LogP contribution in [0.1, 0.15) is 23.7 Å².